The van der Waals surface area contributed by atoms with Gasteiger partial charge in [-0.2, -0.15) is 0 Å². The minimum atomic E-state index is -0.980. The van der Waals surface area contributed by atoms with Gasteiger partial charge in [-0.15, -0.1) is 23.2 Å². The fourth-order valence-corrected chi connectivity index (χ4v) is 0. The van der Waals surface area contributed by atoms with Crippen molar-refractivity contribution in [1.82, 2.24) is 0 Å². The van der Waals surface area contributed by atoms with E-state index in [4.69, 9.17) is 33.4 Å². The standard InChI is InChI=1S/2C2H3ClO2.Na/c2*3-1-2(4)5;/h2*1H2,(H,4,5);. The van der Waals surface area contributed by atoms with Gasteiger partial charge in [0.15, 0.2) is 0 Å². The van der Waals surface area contributed by atoms with E-state index >= 15 is 0 Å². The summed E-state index contributed by atoms with van der Waals surface area (Å²) in [6, 6.07) is 0. The molecule has 4 nitrogen and oxygen atoms in total. The van der Waals surface area contributed by atoms with Gasteiger partial charge in [-0.25, -0.2) is 0 Å². The van der Waals surface area contributed by atoms with Crippen LogP contribution in [-0.2, 0) is 9.59 Å². The van der Waals surface area contributed by atoms with Crippen LogP contribution < -0.4 is 0 Å². The molecule has 0 bridgehead atoms. The van der Waals surface area contributed by atoms with Crippen molar-refractivity contribution in [3.63, 3.8) is 0 Å². The number of rotatable bonds is 2. The summed E-state index contributed by atoms with van der Waals surface area (Å²) in [5, 5.41) is 15.2. The zero-order valence-corrected chi connectivity index (χ0v) is 9.39. The van der Waals surface area contributed by atoms with Crippen LogP contribution in [0.15, 0.2) is 0 Å². The van der Waals surface area contributed by atoms with E-state index in [0.29, 0.717) is 0 Å². The first-order valence-corrected chi connectivity index (χ1v) is 3.17. The molecule has 0 saturated heterocycles. The van der Waals surface area contributed by atoms with Crippen LogP contribution in [0.25, 0.3) is 0 Å². The van der Waals surface area contributed by atoms with E-state index in [1.165, 1.54) is 0 Å². The first kappa shape index (κ1) is 17.6. The molecule has 1 radical (unpaired) electrons. The molecule has 0 rings (SSSR count). The molecular weight excluding hydrogens is 206 g/mol. The van der Waals surface area contributed by atoms with E-state index in [0.717, 1.165) is 0 Å². The van der Waals surface area contributed by atoms with Crippen molar-refractivity contribution < 1.29 is 19.8 Å². The summed E-state index contributed by atoms with van der Waals surface area (Å²) < 4.78 is 0. The van der Waals surface area contributed by atoms with Gasteiger partial charge in [-0.1, -0.05) is 0 Å². The van der Waals surface area contributed by atoms with Crippen molar-refractivity contribution in [2.45, 2.75) is 0 Å². The van der Waals surface area contributed by atoms with Crippen LogP contribution in [-0.4, -0.2) is 63.5 Å². The monoisotopic (exact) mass is 211 g/mol. The first-order valence-electron chi connectivity index (χ1n) is 2.10. The number of halogens is 2. The van der Waals surface area contributed by atoms with Gasteiger partial charge in [0.25, 0.3) is 0 Å². The normalized spacial score (nSPS) is 6.73. The fraction of sp³-hybridized carbons (Fsp3) is 0.500. The summed E-state index contributed by atoms with van der Waals surface area (Å²) >= 11 is 9.47. The minimum Gasteiger partial charge on any atom is -0.480 e. The van der Waals surface area contributed by atoms with Gasteiger partial charge in [0.05, 0.1) is 0 Å². The third kappa shape index (κ3) is 37.4. The van der Waals surface area contributed by atoms with E-state index in [2.05, 4.69) is 0 Å². The SMILES string of the molecule is O=C(O)CCl.O=C(O)CCl.[Na]. The van der Waals surface area contributed by atoms with Gasteiger partial charge in [0, 0.05) is 29.6 Å². The fourth-order valence-electron chi connectivity index (χ4n) is 0. The Morgan fingerprint density at radius 1 is 1.00 bits per heavy atom. The maximum Gasteiger partial charge on any atom is 0.318 e. The van der Waals surface area contributed by atoms with Gasteiger partial charge in [0.1, 0.15) is 11.8 Å². The first-order chi connectivity index (χ1) is 4.54. The molecule has 0 aromatic carbocycles. The number of hydrogen-bond donors (Lipinski definition) is 2. The summed E-state index contributed by atoms with van der Waals surface area (Å²) in [5.41, 5.74) is 0. The molecule has 0 unspecified atom stereocenters. The quantitative estimate of drug-likeness (QED) is 0.507. The number of hydrogen-bond acceptors (Lipinski definition) is 2. The van der Waals surface area contributed by atoms with Gasteiger partial charge < -0.3 is 10.2 Å². The molecule has 61 valence electrons. The molecule has 11 heavy (non-hydrogen) atoms. The molecule has 0 saturated carbocycles. The number of carboxylic acids is 2. The van der Waals surface area contributed by atoms with Crippen LogP contribution in [0.5, 0.6) is 0 Å². The molecule has 0 amide bonds. The third-order valence-corrected chi connectivity index (χ3v) is 0.686. The molecule has 0 aliphatic heterocycles. The Hall–Kier alpha value is 0.520. The van der Waals surface area contributed by atoms with Gasteiger partial charge in [-0.05, 0) is 0 Å². The van der Waals surface area contributed by atoms with E-state index < -0.39 is 11.9 Å². The van der Waals surface area contributed by atoms with Crippen molar-refractivity contribution in [2.75, 3.05) is 11.8 Å². The van der Waals surface area contributed by atoms with Gasteiger partial charge in [0.2, 0.25) is 0 Å². The Morgan fingerprint density at radius 2 is 1.09 bits per heavy atom. The maximum absolute atomic E-state index is 9.24. The maximum atomic E-state index is 9.24. The van der Waals surface area contributed by atoms with Crippen molar-refractivity contribution >= 4 is 64.7 Å². The molecule has 0 aromatic heterocycles. The van der Waals surface area contributed by atoms with Crippen LogP contribution in [0.3, 0.4) is 0 Å². The second-order valence-corrected chi connectivity index (χ2v) is 1.59. The van der Waals surface area contributed by atoms with Crippen molar-refractivity contribution in [1.29, 1.82) is 0 Å². The Kier molecular flexibility index (Phi) is 21.0. The number of alkyl halides is 2. The van der Waals surface area contributed by atoms with Crippen molar-refractivity contribution in [3.8, 4) is 0 Å². The molecule has 0 fully saturated rings. The zero-order valence-electron chi connectivity index (χ0n) is 5.88. The van der Waals surface area contributed by atoms with E-state index in [1.807, 2.05) is 0 Å². The largest absolute Gasteiger partial charge is 0.480 e. The Balaban J connectivity index is -0.000000107. The average Bonchev–Trinajstić information content (AvgIpc) is 1.89. The predicted octanol–water partition coefficient (Wildman–Crippen LogP) is 0.239. The summed E-state index contributed by atoms with van der Waals surface area (Å²) in [5.74, 6) is -2.57. The molecule has 0 heterocycles. The summed E-state index contributed by atoms with van der Waals surface area (Å²) in [6.45, 7) is 0. The predicted molar refractivity (Wildman–Crippen MR) is 42.5 cm³/mol. The van der Waals surface area contributed by atoms with Crippen LogP contribution in [0, 0.1) is 0 Å². The van der Waals surface area contributed by atoms with Crippen molar-refractivity contribution in [2.24, 2.45) is 0 Å². The Morgan fingerprint density at radius 3 is 1.09 bits per heavy atom. The van der Waals surface area contributed by atoms with Gasteiger partial charge in [-0.3, -0.25) is 9.59 Å². The zero-order chi connectivity index (χ0) is 8.57. The summed E-state index contributed by atoms with van der Waals surface area (Å²) in [7, 11) is 0. The summed E-state index contributed by atoms with van der Waals surface area (Å²) in [6.07, 6.45) is 0. The summed E-state index contributed by atoms with van der Waals surface area (Å²) in [4.78, 5) is 18.5. The van der Waals surface area contributed by atoms with Crippen molar-refractivity contribution in [3.05, 3.63) is 0 Å². The van der Waals surface area contributed by atoms with E-state index in [1.54, 1.807) is 0 Å². The molecule has 0 aliphatic rings. The number of carbonyl (C=O) groups is 2. The van der Waals surface area contributed by atoms with E-state index in [-0.39, 0.29) is 41.3 Å². The van der Waals surface area contributed by atoms with Gasteiger partial charge >= 0.3 is 11.9 Å². The smallest absolute Gasteiger partial charge is 0.318 e. The molecule has 0 atom stereocenters. The van der Waals surface area contributed by atoms with Crippen LogP contribution in [0.4, 0.5) is 0 Å². The second-order valence-electron chi connectivity index (χ2n) is 1.05. The van der Waals surface area contributed by atoms with E-state index in [9.17, 15) is 9.59 Å². The number of carboxylic acid groups (broad SMARTS) is 2. The Labute approximate surface area is 95.8 Å². The molecule has 2 N–H and O–H groups in total. The topological polar surface area (TPSA) is 74.6 Å². The Bertz CT molecular complexity index is 105. The van der Waals surface area contributed by atoms with Crippen LogP contribution >= 0.6 is 23.2 Å². The van der Waals surface area contributed by atoms with Crippen LogP contribution in [0.2, 0.25) is 0 Å². The molecule has 0 aromatic rings. The third-order valence-electron chi connectivity index (χ3n) is 0.229. The van der Waals surface area contributed by atoms with Crippen LogP contribution in [0.1, 0.15) is 0 Å². The molecular formula is C4H6Cl2NaO4. The molecule has 0 spiro atoms. The molecule has 7 heteroatoms. The molecule has 0 aliphatic carbocycles. The number of aliphatic carboxylic acids is 2. The minimum absolute atomic E-state index is 0. The average molecular weight is 212 g/mol. The second kappa shape index (κ2) is 13.1.